The van der Waals surface area contributed by atoms with Crippen LogP contribution in [-0.4, -0.2) is 38.6 Å². The molecule has 0 fully saturated rings. The summed E-state index contributed by atoms with van der Waals surface area (Å²) in [7, 11) is -0.637. The number of nitrogens with zero attached hydrogens (tertiary/aromatic N) is 1. The zero-order valence-corrected chi connectivity index (χ0v) is 21.2. The molecule has 2 N–H and O–H groups in total. The minimum absolute atomic E-state index is 0.0638. The van der Waals surface area contributed by atoms with Crippen molar-refractivity contribution in [1.82, 2.24) is 10.2 Å². The van der Waals surface area contributed by atoms with Gasteiger partial charge < -0.3 is 15.0 Å². The van der Waals surface area contributed by atoms with E-state index in [1.54, 1.807) is 55.3 Å². The molecule has 2 aromatic rings. The number of sulfonamides is 1. The number of carbonyl (C=O) groups excluding carboxylic acids is 1. The van der Waals surface area contributed by atoms with Gasteiger partial charge in [-0.3, -0.25) is 4.72 Å². The van der Waals surface area contributed by atoms with Crippen molar-refractivity contribution in [1.29, 1.82) is 0 Å². The highest BCUT2D eigenvalue weighted by molar-refractivity contribution is 7.92. The summed E-state index contributed by atoms with van der Waals surface area (Å²) in [5.74, 6) is -0.456. The first kappa shape index (κ1) is 24.7. The van der Waals surface area contributed by atoms with Crippen molar-refractivity contribution in [2.75, 3.05) is 18.9 Å². The van der Waals surface area contributed by atoms with E-state index in [1.165, 1.54) is 7.11 Å². The van der Waals surface area contributed by atoms with Crippen LogP contribution < -0.4 is 10.0 Å². The first-order valence-electron chi connectivity index (χ1n) is 10.4. The van der Waals surface area contributed by atoms with Crippen molar-refractivity contribution in [3.8, 4) is 0 Å². The summed E-state index contributed by atoms with van der Waals surface area (Å²) in [5.41, 5.74) is 3.29. The molecule has 7 nitrogen and oxygen atoms in total. The lowest BCUT2D eigenvalue weighted by Crippen LogP contribution is -2.46. The quantitative estimate of drug-likeness (QED) is 0.485. The molecule has 3 rings (SSSR count). The molecule has 0 radical (unpaired) electrons. The van der Waals surface area contributed by atoms with Gasteiger partial charge in [-0.15, -0.1) is 0 Å². The minimum atomic E-state index is -3.74. The molecule has 0 spiro atoms. The van der Waals surface area contributed by atoms with E-state index >= 15 is 0 Å². The Hall–Kier alpha value is -2.91. The molecule has 0 aliphatic carbocycles. The number of rotatable bonds is 5. The molecule has 0 aromatic heterocycles. The summed E-state index contributed by atoms with van der Waals surface area (Å²) in [6.45, 7) is 8.03. The van der Waals surface area contributed by atoms with E-state index in [0.717, 1.165) is 11.1 Å². The molecule has 1 heterocycles. The van der Waals surface area contributed by atoms with E-state index in [0.29, 0.717) is 22.1 Å². The van der Waals surface area contributed by atoms with Crippen LogP contribution in [0.2, 0.25) is 0 Å². The lowest BCUT2D eigenvalue weighted by Gasteiger charge is -2.35. The van der Waals surface area contributed by atoms with Crippen molar-refractivity contribution in [3.05, 3.63) is 70.9 Å². The average Bonchev–Trinajstić information content (AvgIpc) is 2.76. The molecular weight excluding hydrogens is 458 g/mol. The van der Waals surface area contributed by atoms with Crippen LogP contribution in [0.3, 0.4) is 0 Å². The molecule has 0 bridgehead atoms. The van der Waals surface area contributed by atoms with Crippen LogP contribution in [0.5, 0.6) is 0 Å². The number of thiocarbonyl (C=S) groups is 1. The van der Waals surface area contributed by atoms with Crippen LogP contribution in [-0.2, 0) is 25.0 Å². The molecule has 0 saturated carbocycles. The van der Waals surface area contributed by atoms with Crippen LogP contribution in [0.25, 0.3) is 0 Å². The lowest BCUT2D eigenvalue weighted by atomic mass is 9.87. The molecule has 1 atom stereocenters. The normalized spacial score (nSPS) is 17.0. The third kappa shape index (κ3) is 5.20. The Morgan fingerprint density at radius 2 is 1.67 bits per heavy atom. The fourth-order valence-electron chi connectivity index (χ4n) is 3.55. The SMILES string of the molecule is COC(=O)C1=C(C)N(C)C(=S)N[C@H]1c1ccc(NS(=O)(=O)c2ccc(C(C)(C)C)cc2)cc1. The number of benzene rings is 2. The Labute approximate surface area is 200 Å². The summed E-state index contributed by atoms with van der Waals surface area (Å²) < 4.78 is 33.2. The average molecular weight is 488 g/mol. The fourth-order valence-corrected chi connectivity index (χ4v) is 4.87. The minimum Gasteiger partial charge on any atom is -0.466 e. The maximum atomic E-state index is 12.8. The van der Waals surface area contributed by atoms with E-state index < -0.39 is 22.0 Å². The van der Waals surface area contributed by atoms with Gasteiger partial charge >= 0.3 is 5.97 Å². The van der Waals surface area contributed by atoms with E-state index in [4.69, 9.17) is 17.0 Å². The van der Waals surface area contributed by atoms with Gasteiger partial charge in [0.05, 0.1) is 23.6 Å². The molecule has 2 aromatic carbocycles. The summed E-state index contributed by atoms with van der Waals surface area (Å²) in [6, 6.07) is 13.2. The molecule has 0 unspecified atom stereocenters. The van der Waals surface area contributed by atoms with Crippen LogP contribution in [0.1, 0.15) is 44.9 Å². The van der Waals surface area contributed by atoms with Crippen LogP contribution in [0, 0.1) is 0 Å². The highest BCUT2D eigenvalue weighted by Gasteiger charge is 2.33. The maximum Gasteiger partial charge on any atom is 0.337 e. The number of allylic oxidation sites excluding steroid dienone is 1. The number of carbonyl (C=O) groups is 1. The standard InChI is InChI=1S/C24H29N3O4S2/c1-15-20(22(28)31-6)21(25-23(32)27(15)5)16-7-11-18(12-8-16)26-33(29,30)19-13-9-17(10-14-19)24(2,3)4/h7-14,21,26H,1-6H3,(H,25,32)/t21-/m0/s1. The van der Waals surface area contributed by atoms with Gasteiger partial charge in [-0.25, -0.2) is 13.2 Å². The van der Waals surface area contributed by atoms with Gasteiger partial charge in [0, 0.05) is 18.4 Å². The van der Waals surface area contributed by atoms with E-state index in [2.05, 4.69) is 30.8 Å². The number of hydrogen-bond acceptors (Lipinski definition) is 5. The Kier molecular flexibility index (Phi) is 6.85. The molecule has 1 aliphatic rings. The number of esters is 1. The molecule has 33 heavy (non-hydrogen) atoms. The lowest BCUT2D eigenvalue weighted by molar-refractivity contribution is -0.136. The Morgan fingerprint density at radius 3 is 2.18 bits per heavy atom. The fraction of sp³-hybridized carbons (Fsp3) is 0.333. The second-order valence-corrected chi connectivity index (χ2v) is 11.0. The third-order valence-corrected chi connectivity index (χ3v) is 7.48. The van der Waals surface area contributed by atoms with Gasteiger partial charge in [-0.05, 0) is 59.9 Å². The van der Waals surface area contributed by atoms with Crippen LogP contribution in [0.4, 0.5) is 5.69 Å². The van der Waals surface area contributed by atoms with Gasteiger partial charge in [0.25, 0.3) is 10.0 Å². The van der Waals surface area contributed by atoms with Gasteiger partial charge in [-0.2, -0.15) is 0 Å². The van der Waals surface area contributed by atoms with Crippen molar-refractivity contribution < 1.29 is 17.9 Å². The van der Waals surface area contributed by atoms with E-state index in [-0.39, 0.29) is 10.3 Å². The monoisotopic (exact) mass is 487 g/mol. The summed E-state index contributed by atoms with van der Waals surface area (Å²) >= 11 is 5.38. The first-order valence-corrected chi connectivity index (χ1v) is 12.3. The Bertz CT molecular complexity index is 1200. The van der Waals surface area contributed by atoms with Gasteiger partial charge in [0.2, 0.25) is 0 Å². The first-order chi connectivity index (χ1) is 15.3. The zero-order valence-electron chi connectivity index (χ0n) is 19.6. The number of methoxy groups -OCH3 is 1. The zero-order chi connectivity index (χ0) is 24.6. The Morgan fingerprint density at radius 1 is 1.09 bits per heavy atom. The van der Waals surface area contributed by atoms with E-state index in [9.17, 15) is 13.2 Å². The number of ether oxygens (including phenoxy) is 1. The number of hydrogen-bond donors (Lipinski definition) is 2. The highest BCUT2D eigenvalue weighted by Crippen LogP contribution is 2.31. The van der Waals surface area contributed by atoms with Gasteiger partial charge in [0.1, 0.15) is 0 Å². The van der Waals surface area contributed by atoms with Crippen molar-refractivity contribution in [3.63, 3.8) is 0 Å². The summed E-state index contributed by atoms with van der Waals surface area (Å²) in [5, 5.41) is 3.63. The molecule has 0 saturated heterocycles. The second-order valence-electron chi connectivity index (χ2n) is 8.93. The molecule has 1 aliphatic heterocycles. The largest absolute Gasteiger partial charge is 0.466 e. The Balaban J connectivity index is 1.85. The second kappa shape index (κ2) is 9.15. The maximum absolute atomic E-state index is 12.8. The molecular formula is C24H29N3O4S2. The number of nitrogens with one attached hydrogen (secondary N) is 2. The molecule has 0 amide bonds. The highest BCUT2D eigenvalue weighted by atomic mass is 32.2. The third-order valence-electron chi connectivity index (χ3n) is 5.69. The van der Waals surface area contributed by atoms with Crippen molar-refractivity contribution in [2.45, 2.75) is 44.0 Å². The topological polar surface area (TPSA) is 87.7 Å². The molecule has 9 heteroatoms. The predicted molar refractivity (Wildman–Crippen MR) is 133 cm³/mol. The van der Waals surface area contributed by atoms with Crippen LogP contribution in [0.15, 0.2) is 64.7 Å². The van der Waals surface area contributed by atoms with Gasteiger partial charge in [0.15, 0.2) is 5.11 Å². The van der Waals surface area contributed by atoms with E-state index in [1.807, 2.05) is 12.1 Å². The van der Waals surface area contributed by atoms with Gasteiger partial charge in [-0.1, -0.05) is 45.0 Å². The summed E-state index contributed by atoms with van der Waals surface area (Å²) in [4.78, 5) is 14.3. The predicted octanol–water partition coefficient (Wildman–Crippen LogP) is 4.09. The summed E-state index contributed by atoms with van der Waals surface area (Å²) in [6.07, 6.45) is 0. The van der Waals surface area contributed by atoms with Crippen molar-refractivity contribution >= 4 is 39.0 Å². The number of anilines is 1. The van der Waals surface area contributed by atoms with Crippen molar-refractivity contribution in [2.24, 2.45) is 0 Å². The smallest absolute Gasteiger partial charge is 0.337 e. The van der Waals surface area contributed by atoms with Crippen LogP contribution >= 0.6 is 12.2 Å². The molecule has 176 valence electrons.